The molecule has 114 valence electrons. The molecule has 5 heteroatoms. The van der Waals surface area contributed by atoms with E-state index < -0.39 is 0 Å². The van der Waals surface area contributed by atoms with Gasteiger partial charge in [0.2, 0.25) is 5.91 Å². The number of carbonyl (C=O) groups excluding carboxylic acids is 1. The Kier molecular flexibility index (Phi) is 4.78. The molecule has 2 saturated heterocycles. The van der Waals surface area contributed by atoms with Gasteiger partial charge in [0.25, 0.3) is 0 Å². The molecular formula is C16H22ClN3O. The number of rotatable bonds is 3. The van der Waals surface area contributed by atoms with E-state index in [1.54, 1.807) is 0 Å². The van der Waals surface area contributed by atoms with Crippen molar-refractivity contribution in [3.8, 4) is 0 Å². The van der Waals surface area contributed by atoms with Gasteiger partial charge < -0.3 is 10.2 Å². The second kappa shape index (κ2) is 6.77. The topological polar surface area (TPSA) is 35.6 Å². The van der Waals surface area contributed by atoms with Crippen molar-refractivity contribution in [3.63, 3.8) is 0 Å². The van der Waals surface area contributed by atoms with Crippen LogP contribution >= 0.6 is 11.6 Å². The van der Waals surface area contributed by atoms with Crippen LogP contribution < -0.4 is 5.32 Å². The Labute approximate surface area is 131 Å². The fourth-order valence-electron chi connectivity index (χ4n) is 3.22. The van der Waals surface area contributed by atoms with Gasteiger partial charge in [-0.15, -0.1) is 0 Å². The van der Waals surface area contributed by atoms with E-state index in [2.05, 4.69) is 10.2 Å². The standard InChI is InChI=1S/C16H22ClN3O/c17-14-3-1-2-13(10-14)11-16(21)20-8-6-19(7-9-20)15-4-5-18-12-15/h1-3,10,15,18H,4-9,11-12H2. The molecule has 4 nitrogen and oxygen atoms in total. The molecule has 0 spiro atoms. The molecule has 1 atom stereocenters. The summed E-state index contributed by atoms with van der Waals surface area (Å²) in [5, 5.41) is 4.10. The van der Waals surface area contributed by atoms with Gasteiger partial charge >= 0.3 is 0 Å². The SMILES string of the molecule is O=C(Cc1cccc(Cl)c1)N1CCN(C2CCNC2)CC1. The van der Waals surface area contributed by atoms with E-state index in [9.17, 15) is 4.79 Å². The van der Waals surface area contributed by atoms with Gasteiger partial charge in [0, 0.05) is 43.8 Å². The highest BCUT2D eigenvalue weighted by atomic mass is 35.5. The summed E-state index contributed by atoms with van der Waals surface area (Å²) in [5.41, 5.74) is 0.995. The Morgan fingerprint density at radius 1 is 1.29 bits per heavy atom. The second-order valence-corrected chi connectivity index (χ2v) is 6.31. The van der Waals surface area contributed by atoms with E-state index in [0.717, 1.165) is 44.8 Å². The van der Waals surface area contributed by atoms with Crippen LogP contribution in [0.15, 0.2) is 24.3 Å². The average molecular weight is 308 g/mol. The number of amides is 1. The predicted molar refractivity (Wildman–Crippen MR) is 84.6 cm³/mol. The maximum absolute atomic E-state index is 12.4. The minimum Gasteiger partial charge on any atom is -0.340 e. The first-order valence-corrected chi connectivity index (χ1v) is 8.07. The zero-order valence-corrected chi connectivity index (χ0v) is 13.0. The van der Waals surface area contributed by atoms with Gasteiger partial charge in [0.05, 0.1) is 6.42 Å². The normalized spacial score (nSPS) is 23.5. The third-order valence-corrected chi connectivity index (χ3v) is 4.70. The maximum Gasteiger partial charge on any atom is 0.227 e. The van der Waals surface area contributed by atoms with Crippen molar-refractivity contribution in [2.75, 3.05) is 39.3 Å². The Morgan fingerprint density at radius 3 is 2.76 bits per heavy atom. The number of nitrogens with one attached hydrogen (secondary N) is 1. The molecule has 1 N–H and O–H groups in total. The third kappa shape index (κ3) is 3.76. The molecule has 2 aliphatic rings. The van der Waals surface area contributed by atoms with Crippen molar-refractivity contribution >= 4 is 17.5 Å². The minimum atomic E-state index is 0.210. The van der Waals surface area contributed by atoms with Crippen LogP contribution in [0.1, 0.15) is 12.0 Å². The molecule has 0 radical (unpaired) electrons. The minimum absolute atomic E-state index is 0.210. The lowest BCUT2D eigenvalue weighted by Crippen LogP contribution is -2.52. The molecule has 1 unspecified atom stereocenters. The fraction of sp³-hybridized carbons (Fsp3) is 0.562. The predicted octanol–water partition coefficient (Wildman–Crippen LogP) is 1.39. The van der Waals surface area contributed by atoms with Crippen LogP contribution in [-0.2, 0) is 11.2 Å². The highest BCUT2D eigenvalue weighted by Gasteiger charge is 2.27. The van der Waals surface area contributed by atoms with Crippen molar-refractivity contribution in [1.82, 2.24) is 15.1 Å². The van der Waals surface area contributed by atoms with Crippen LogP contribution in [0.2, 0.25) is 5.02 Å². The number of nitrogens with zero attached hydrogens (tertiary/aromatic N) is 2. The van der Waals surface area contributed by atoms with Crippen LogP contribution in [0, 0.1) is 0 Å². The van der Waals surface area contributed by atoms with E-state index in [1.807, 2.05) is 29.2 Å². The number of piperazine rings is 1. The van der Waals surface area contributed by atoms with Crippen molar-refractivity contribution in [3.05, 3.63) is 34.9 Å². The van der Waals surface area contributed by atoms with Crippen molar-refractivity contribution < 1.29 is 4.79 Å². The van der Waals surface area contributed by atoms with Gasteiger partial charge in [0.1, 0.15) is 0 Å². The highest BCUT2D eigenvalue weighted by molar-refractivity contribution is 6.30. The van der Waals surface area contributed by atoms with E-state index in [4.69, 9.17) is 11.6 Å². The lowest BCUT2D eigenvalue weighted by molar-refractivity contribution is -0.132. The molecule has 2 heterocycles. The summed E-state index contributed by atoms with van der Waals surface area (Å²) in [6.07, 6.45) is 1.68. The summed E-state index contributed by atoms with van der Waals surface area (Å²) in [5.74, 6) is 0.210. The van der Waals surface area contributed by atoms with Crippen LogP contribution in [0.4, 0.5) is 0 Å². The number of benzene rings is 1. The van der Waals surface area contributed by atoms with Crippen LogP contribution in [0.3, 0.4) is 0 Å². The zero-order valence-electron chi connectivity index (χ0n) is 12.2. The van der Waals surface area contributed by atoms with Crippen molar-refractivity contribution in [2.24, 2.45) is 0 Å². The van der Waals surface area contributed by atoms with Crippen molar-refractivity contribution in [2.45, 2.75) is 18.9 Å². The van der Waals surface area contributed by atoms with Gasteiger partial charge in [0.15, 0.2) is 0 Å². The molecule has 0 aliphatic carbocycles. The van der Waals surface area contributed by atoms with Gasteiger partial charge in [-0.25, -0.2) is 0 Å². The van der Waals surface area contributed by atoms with E-state index in [1.165, 1.54) is 6.42 Å². The fourth-order valence-corrected chi connectivity index (χ4v) is 3.43. The molecule has 1 aromatic rings. The molecule has 0 aromatic heterocycles. The summed E-state index contributed by atoms with van der Waals surface area (Å²) < 4.78 is 0. The quantitative estimate of drug-likeness (QED) is 0.916. The first-order valence-electron chi connectivity index (χ1n) is 7.69. The molecule has 21 heavy (non-hydrogen) atoms. The number of halogens is 1. The number of hydrogen-bond acceptors (Lipinski definition) is 3. The number of hydrogen-bond donors (Lipinski definition) is 1. The van der Waals surface area contributed by atoms with Crippen LogP contribution in [0.25, 0.3) is 0 Å². The molecule has 3 rings (SSSR count). The zero-order chi connectivity index (χ0) is 14.7. The lowest BCUT2D eigenvalue weighted by atomic mass is 10.1. The Bertz CT molecular complexity index is 494. The summed E-state index contributed by atoms with van der Waals surface area (Å²) >= 11 is 5.97. The lowest BCUT2D eigenvalue weighted by Gasteiger charge is -2.37. The smallest absolute Gasteiger partial charge is 0.227 e. The second-order valence-electron chi connectivity index (χ2n) is 5.87. The van der Waals surface area contributed by atoms with Gasteiger partial charge in [-0.1, -0.05) is 23.7 Å². The summed E-state index contributed by atoms with van der Waals surface area (Å²) in [4.78, 5) is 16.9. The van der Waals surface area contributed by atoms with Crippen molar-refractivity contribution in [1.29, 1.82) is 0 Å². The van der Waals surface area contributed by atoms with E-state index >= 15 is 0 Å². The van der Waals surface area contributed by atoms with E-state index in [-0.39, 0.29) is 5.91 Å². The first kappa shape index (κ1) is 14.8. The number of carbonyl (C=O) groups is 1. The monoisotopic (exact) mass is 307 g/mol. The van der Waals surface area contributed by atoms with Gasteiger partial charge in [-0.3, -0.25) is 9.69 Å². The molecule has 0 bridgehead atoms. The average Bonchev–Trinajstić information content (AvgIpc) is 3.01. The first-order chi connectivity index (χ1) is 10.2. The Hall–Kier alpha value is -1.10. The molecule has 1 aromatic carbocycles. The summed E-state index contributed by atoms with van der Waals surface area (Å²) in [7, 11) is 0. The van der Waals surface area contributed by atoms with Gasteiger partial charge in [-0.05, 0) is 30.7 Å². The van der Waals surface area contributed by atoms with Crippen LogP contribution in [-0.4, -0.2) is 61.0 Å². The van der Waals surface area contributed by atoms with Gasteiger partial charge in [-0.2, -0.15) is 0 Å². The van der Waals surface area contributed by atoms with E-state index in [0.29, 0.717) is 17.5 Å². The third-order valence-electron chi connectivity index (χ3n) is 4.46. The highest BCUT2D eigenvalue weighted by Crippen LogP contribution is 2.15. The molecule has 1 amide bonds. The molecule has 2 aliphatic heterocycles. The summed E-state index contributed by atoms with van der Waals surface area (Å²) in [6.45, 7) is 5.89. The largest absolute Gasteiger partial charge is 0.340 e. The Balaban J connectivity index is 1.50. The summed E-state index contributed by atoms with van der Waals surface area (Å²) in [6, 6.07) is 8.24. The van der Waals surface area contributed by atoms with Crippen LogP contribution in [0.5, 0.6) is 0 Å². The molecule has 0 saturated carbocycles. The maximum atomic E-state index is 12.4. The Morgan fingerprint density at radius 2 is 2.10 bits per heavy atom. The molecular weight excluding hydrogens is 286 g/mol. The molecule has 2 fully saturated rings.